The molecular formula is C17H25NO2. The summed E-state index contributed by atoms with van der Waals surface area (Å²) in [5, 5.41) is 3.55. The molecule has 0 spiro atoms. The zero-order valence-electron chi connectivity index (χ0n) is 13.0. The highest BCUT2D eigenvalue weighted by Gasteiger charge is 2.28. The number of hydrogen-bond donors (Lipinski definition) is 1. The second-order valence-corrected chi connectivity index (χ2v) is 6.64. The number of anilines is 1. The van der Waals surface area contributed by atoms with Gasteiger partial charge in [0.25, 0.3) is 0 Å². The molecule has 0 aromatic heterocycles. The van der Waals surface area contributed by atoms with Gasteiger partial charge >= 0.3 is 5.97 Å². The van der Waals surface area contributed by atoms with Crippen molar-refractivity contribution in [2.24, 2.45) is 5.41 Å². The highest BCUT2D eigenvalue weighted by molar-refractivity contribution is 5.95. The summed E-state index contributed by atoms with van der Waals surface area (Å²) in [6.45, 7) is 6.62. The fourth-order valence-electron chi connectivity index (χ4n) is 3.10. The Morgan fingerprint density at radius 3 is 2.80 bits per heavy atom. The third-order valence-electron chi connectivity index (χ3n) is 4.15. The lowest BCUT2D eigenvalue weighted by atomic mass is 9.75. The molecule has 1 atom stereocenters. The molecule has 1 aromatic carbocycles. The van der Waals surface area contributed by atoms with Gasteiger partial charge in [-0.1, -0.05) is 31.9 Å². The standard InChI is InChI=1S/C17H25NO2/c1-12-7-8-15(14(10-12)16(19)20-4)18-13-6-5-9-17(2,3)11-13/h7-8,10,13,18H,5-6,9,11H2,1-4H3. The number of aryl methyl sites for hydroxylation is 1. The molecule has 1 aliphatic rings. The van der Waals surface area contributed by atoms with Crippen LogP contribution in [0.4, 0.5) is 5.69 Å². The van der Waals surface area contributed by atoms with Gasteiger partial charge in [-0.05, 0) is 43.7 Å². The fourth-order valence-corrected chi connectivity index (χ4v) is 3.10. The van der Waals surface area contributed by atoms with Crippen LogP contribution in [0.1, 0.15) is 55.5 Å². The molecule has 0 aliphatic heterocycles. The predicted octanol–water partition coefficient (Wildman–Crippen LogP) is 4.16. The first-order valence-electron chi connectivity index (χ1n) is 7.37. The Labute approximate surface area is 121 Å². The van der Waals surface area contributed by atoms with Gasteiger partial charge in [-0.15, -0.1) is 0 Å². The van der Waals surface area contributed by atoms with E-state index in [1.54, 1.807) is 0 Å². The zero-order valence-corrected chi connectivity index (χ0v) is 13.0. The minimum absolute atomic E-state index is 0.272. The summed E-state index contributed by atoms with van der Waals surface area (Å²) in [4.78, 5) is 11.9. The fraction of sp³-hybridized carbons (Fsp3) is 0.588. The number of rotatable bonds is 3. The molecule has 0 bridgehead atoms. The van der Waals surface area contributed by atoms with Gasteiger partial charge in [0.05, 0.1) is 12.7 Å². The van der Waals surface area contributed by atoms with Gasteiger partial charge < -0.3 is 10.1 Å². The van der Waals surface area contributed by atoms with Crippen molar-refractivity contribution in [2.75, 3.05) is 12.4 Å². The van der Waals surface area contributed by atoms with Gasteiger partial charge in [0, 0.05) is 11.7 Å². The van der Waals surface area contributed by atoms with Gasteiger partial charge in [0.15, 0.2) is 0 Å². The molecule has 1 saturated carbocycles. The molecule has 1 fully saturated rings. The second kappa shape index (κ2) is 5.86. The minimum atomic E-state index is -0.272. The summed E-state index contributed by atoms with van der Waals surface area (Å²) in [7, 11) is 1.43. The van der Waals surface area contributed by atoms with E-state index in [-0.39, 0.29) is 5.97 Å². The van der Waals surface area contributed by atoms with Crippen LogP contribution in [0.5, 0.6) is 0 Å². The van der Waals surface area contributed by atoms with Crippen molar-refractivity contribution in [1.82, 2.24) is 0 Å². The number of esters is 1. The van der Waals surface area contributed by atoms with Crippen LogP contribution in [0, 0.1) is 12.3 Å². The average Bonchev–Trinajstić information content (AvgIpc) is 2.39. The Morgan fingerprint density at radius 2 is 2.15 bits per heavy atom. The lowest BCUT2D eigenvalue weighted by molar-refractivity contribution is 0.0601. The molecule has 20 heavy (non-hydrogen) atoms. The van der Waals surface area contributed by atoms with E-state index in [0.717, 1.165) is 24.1 Å². The van der Waals surface area contributed by atoms with Crippen molar-refractivity contribution >= 4 is 11.7 Å². The highest BCUT2D eigenvalue weighted by atomic mass is 16.5. The number of ether oxygens (including phenoxy) is 1. The van der Waals surface area contributed by atoms with Crippen LogP contribution in [0.25, 0.3) is 0 Å². The molecule has 1 aromatic rings. The van der Waals surface area contributed by atoms with Crippen molar-refractivity contribution in [3.05, 3.63) is 29.3 Å². The molecule has 3 nitrogen and oxygen atoms in total. The maximum atomic E-state index is 11.9. The predicted molar refractivity (Wildman–Crippen MR) is 82.2 cm³/mol. The van der Waals surface area contributed by atoms with Gasteiger partial charge in [-0.3, -0.25) is 0 Å². The van der Waals surface area contributed by atoms with E-state index in [1.807, 2.05) is 25.1 Å². The quantitative estimate of drug-likeness (QED) is 0.842. The Bertz CT molecular complexity index is 494. The van der Waals surface area contributed by atoms with Crippen molar-refractivity contribution < 1.29 is 9.53 Å². The summed E-state index contributed by atoms with van der Waals surface area (Å²) in [6.07, 6.45) is 4.83. The number of carbonyl (C=O) groups is 1. The van der Waals surface area contributed by atoms with Gasteiger partial charge in [-0.2, -0.15) is 0 Å². The zero-order chi connectivity index (χ0) is 14.8. The summed E-state index contributed by atoms with van der Waals surface area (Å²) >= 11 is 0. The van der Waals surface area contributed by atoms with Crippen LogP contribution in [0.3, 0.4) is 0 Å². The Kier molecular flexibility index (Phi) is 4.36. The Morgan fingerprint density at radius 1 is 1.40 bits per heavy atom. The van der Waals surface area contributed by atoms with Crippen LogP contribution in [0.15, 0.2) is 18.2 Å². The second-order valence-electron chi connectivity index (χ2n) is 6.64. The van der Waals surface area contributed by atoms with Gasteiger partial charge in [-0.25, -0.2) is 4.79 Å². The lowest BCUT2D eigenvalue weighted by Crippen LogP contribution is -2.32. The lowest BCUT2D eigenvalue weighted by Gasteiger charge is -2.36. The van der Waals surface area contributed by atoms with Crippen molar-refractivity contribution in [3.8, 4) is 0 Å². The van der Waals surface area contributed by atoms with Crippen molar-refractivity contribution in [2.45, 2.75) is 52.5 Å². The molecular weight excluding hydrogens is 250 g/mol. The van der Waals surface area contributed by atoms with Crippen LogP contribution < -0.4 is 5.32 Å². The summed E-state index contributed by atoms with van der Waals surface area (Å²) in [5.41, 5.74) is 2.98. The van der Waals surface area contributed by atoms with E-state index in [4.69, 9.17) is 4.74 Å². The molecule has 110 valence electrons. The van der Waals surface area contributed by atoms with Crippen molar-refractivity contribution in [3.63, 3.8) is 0 Å². The van der Waals surface area contributed by atoms with Crippen molar-refractivity contribution in [1.29, 1.82) is 0 Å². The third-order valence-corrected chi connectivity index (χ3v) is 4.15. The number of benzene rings is 1. The molecule has 0 radical (unpaired) electrons. The van der Waals surface area contributed by atoms with E-state index in [2.05, 4.69) is 19.2 Å². The van der Waals surface area contributed by atoms with E-state index >= 15 is 0 Å². The first kappa shape index (κ1) is 14.9. The Balaban J connectivity index is 2.18. The average molecular weight is 275 g/mol. The summed E-state index contributed by atoms with van der Waals surface area (Å²) in [5.74, 6) is -0.272. The summed E-state index contributed by atoms with van der Waals surface area (Å²) in [6, 6.07) is 6.35. The van der Waals surface area contributed by atoms with E-state index in [1.165, 1.54) is 20.0 Å². The monoisotopic (exact) mass is 275 g/mol. The molecule has 0 heterocycles. The van der Waals surface area contributed by atoms with Crippen LogP contribution in [0.2, 0.25) is 0 Å². The number of carbonyl (C=O) groups excluding carboxylic acids is 1. The van der Waals surface area contributed by atoms with E-state index in [9.17, 15) is 4.79 Å². The maximum Gasteiger partial charge on any atom is 0.339 e. The number of hydrogen-bond acceptors (Lipinski definition) is 3. The van der Waals surface area contributed by atoms with Crippen LogP contribution >= 0.6 is 0 Å². The maximum absolute atomic E-state index is 11.9. The van der Waals surface area contributed by atoms with Gasteiger partial charge in [0.1, 0.15) is 0 Å². The molecule has 1 N–H and O–H groups in total. The molecule has 3 heteroatoms. The van der Waals surface area contributed by atoms with Gasteiger partial charge in [0.2, 0.25) is 0 Å². The summed E-state index contributed by atoms with van der Waals surface area (Å²) < 4.78 is 4.88. The molecule has 1 aliphatic carbocycles. The topological polar surface area (TPSA) is 38.3 Å². The van der Waals surface area contributed by atoms with Crippen LogP contribution in [-0.2, 0) is 4.74 Å². The molecule has 0 amide bonds. The van der Waals surface area contributed by atoms with Crippen LogP contribution in [-0.4, -0.2) is 19.1 Å². The minimum Gasteiger partial charge on any atom is -0.465 e. The molecule has 1 unspecified atom stereocenters. The first-order valence-corrected chi connectivity index (χ1v) is 7.37. The smallest absolute Gasteiger partial charge is 0.339 e. The SMILES string of the molecule is COC(=O)c1cc(C)ccc1NC1CCCC(C)(C)C1. The highest BCUT2D eigenvalue weighted by Crippen LogP contribution is 2.36. The number of methoxy groups -OCH3 is 1. The molecule has 0 saturated heterocycles. The first-order chi connectivity index (χ1) is 9.41. The number of nitrogens with one attached hydrogen (secondary N) is 1. The molecule has 2 rings (SSSR count). The normalized spacial score (nSPS) is 21.3. The Hall–Kier alpha value is -1.51. The van der Waals surface area contributed by atoms with E-state index < -0.39 is 0 Å². The third kappa shape index (κ3) is 3.53. The largest absolute Gasteiger partial charge is 0.465 e. The van der Waals surface area contributed by atoms with E-state index in [0.29, 0.717) is 17.0 Å².